The zero-order valence-corrected chi connectivity index (χ0v) is 12.3. The molecular weight excluding hydrogens is 284 g/mol. The minimum absolute atomic E-state index is 0.164. The smallest absolute Gasteiger partial charge is 0.244 e. The summed E-state index contributed by atoms with van der Waals surface area (Å²) >= 11 is 1.59. The van der Waals surface area contributed by atoms with Gasteiger partial charge in [-0.2, -0.15) is 0 Å². The lowest BCUT2D eigenvalue weighted by atomic mass is 10.3. The molecule has 2 aromatic heterocycles. The van der Waals surface area contributed by atoms with Crippen LogP contribution in [0.4, 0.5) is 0 Å². The van der Waals surface area contributed by atoms with E-state index in [-0.39, 0.29) is 5.91 Å². The summed E-state index contributed by atoms with van der Waals surface area (Å²) in [6.07, 6.45) is 3.12. The fourth-order valence-electron chi connectivity index (χ4n) is 1.92. The third-order valence-corrected chi connectivity index (χ3v) is 3.95. The second kappa shape index (κ2) is 5.93. The maximum atomic E-state index is 11.7. The Morgan fingerprint density at radius 3 is 2.95 bits per heavy atom. The summed E-state index contributed by atoms with van der Waals surface area (Å²) in [4.78, 5) is 16.2. The molecule has 0 aliphatic carbocycles. The molecule has 0 atom stereocenters. The lowest BCUT2D eigenvalue weighted by Gasteiger charge is -1.97. The first-order chi connectivity index (χ1) is 10.2. The lowest BCUT2D eigenvalue weighted by molar-refractivity contribution is -0.116. The molecule has 0 aliphatic heterocycles. The fourth-order valence-corrected chi connectivity index (χ4v) is 2.83. The number of furan rings is 1. The third-order valence-electron chi connectivity index (χ3n) is 2.91. The Hall–Kier alpha value is -2.40. The van der Waals surface area contributed by atoms with E-state index in [2.05, 4.69) is 10.3 Å². The number of carbonyl (C=O) groups is 1. The van der Waals surface area contributed by atoms with E-state index in [1.165, 1.54) is 6.08 Å². The van der Waals surface area contributed by atoms with Crippen molar-refractivity contribution in [3.05, 3.63) is 59.0 Å². The van der Waals surface area contributed by atoms with E-state index >= 15 is 0 Å². The predicted octanol–water partition coefficient (Wildman–Crippen LogP) is 3.53. The molecule has 0 saturated heterocycles. The third kappa shape index (κ3) is 3.38. The second-order valence-corrected chi connectivity index (χ2v) is 5.69. The Balaban J connectivity index is 1.59. The van der Waals surface area contributed by atoms with Gasteiger partial charge in [-0.3, -0.25) is 4.79 Å². The van der Waals surface area contributed by atoms with E-state index in [0.717, 1.165) is 21.0 Å². The van der Waals surface area contributed by atoms with Crippen LogP contribution in [0, 0.1) is 6.92 Å². The van der Waals surface area contributed by atoms with Crippen LogP contribution in [-0.4, -0.2) is 10.9 Å². The average molecular weight is 298 g/mol. The summed E-state index contributed by atoms with van der Waals surface area (Å²) in [5, 5.41) is 3.71. The van der Waals surface area contributed by atoms with Crippen LogP contribution in [0.25, 0.3) is 16.3 Å². The first kappa shape index (κ1) is 13.6. The largest absolute Gasteiger partial charge is 0.462 e. The zero-order valence-electron chi connectivity index (χ0n) is 11.5. The lowest BCUT2D eigenvalue weighted by Crippen LogP contribution is -2.19. The molecule has 0 aliphatic rings. The summed E-state index contributed by atoms with van der Waals surface area (Å²) in [6, 6.07) is 11.6. The van der Waals surface area contributed by atoms with Crippen LogP contribution in [0.15, 0.2) is 46.9 Å². The maximum absolute atomic E-state index is 11.7. The van der Waals surface area contributed by atoms with E-state index in [1.54, 1.807) is 17.4 Å². The summed E-state index contributed by atoms with van der Waals surface area (Å²) < 4.78 is 6.49. The van der Waals surface area contributed by atoms with Crippen molar-refractivity contribution >= 4 is 33.5 Å². The number of amides is 1. The highest BCUT2D eigenvalue weighted by atomic mass is 32.1. The molecule has 0 spiro atoms. The number of carbonyl (C=O) groups excluding carboxylic acids is 1. The summed E-state index contributed by atoms with van der Waals surface area (Å²) in [5.74, 6) is 1.33. The van der Waals surface area contributed by atoms with E-state index < -0.39 is 0 Å². The molecule has 4 nitrogen and oxygen atoms in total. The molecule has 1 aromatic carbocycles. The number of aryl methyl sites for hydroxylation is 1. The minimum Gasteiger partial charge on any atom is -0.462 e. The molecule has 21 heavy (non-hydrogen) atoms. The molecule has 2 heterocycles. The normalized spacial score (nSPS) is 11.3. The maximum Gasteiger partial charge on any atom is 0.244 e. The van der Waals surface area contributed by atoms with Gasteiger partial charge in [-0.1, -0.05) is 12.1 Å². The van der Waals surface area contributed by atoms with Crippen LogP contribution in [-0.2, 0) is 11.3 Å². The van der Waals surface area contributed by atoms with Crippen LogP contribution >= 0.6 is 11.3 Å². The van der Waals surface area contributed by atoms with Gasteiger partial charge in [0.25, 0.3) is 0 Å². The number of thiazole rings is 1. The quantitative estimate of drug-likeness (QED) is 0.750. The Kier molecular flexibility index (Phi) is 3.83. The molecule has 3 rings (SSSR count). The Bertz CT molecular complexity index is 768. The van der Waals surface area contributed by atoms with E-state index in [4.69, 9.17) is 4.42 Å². The number of nitrogens with zero attached hydrogens (tertiary/aromatic N) is 1. The van der Waals surface area contributed by atoms with Crippen molar-refractivity contribution in [1.82, 2.24) is 10.3 Å². The topological polar surface area (TPSA) is 55.1 Å². The van der Waals surface area contributed by atoms with Crippen LogP contribution in [0.3, 0.4) is 0 Å². The number of aromatic nitrogens is 1. The van der Waals surface area contributed by atoms with Gasteiger partial charge < -0.3 is 9.73 Å². The van der Waals surface area contributed by atoms with Gasteiger partial charge in [-0.25, -0.2) is 4.98 Å². The van der Waals surface area contributed by atoms with Gasteiger partial charge >= 0.3 is 0 Å². The first-order valence-corrected chi connectivity index (χ1v) is 7.39. The number of nitrogens with one attached hydrogen (secondary N) is 1. The predicted molar refractivity (Wildman–Crippen MR) is 83.9 cm³/mol. The molecule has 0 bridgehead atoms. The molecule has 106 valence electrons. The molecule has 1 amide bonds. The van der Waals surface area contributed by atoms with Crippen molar-refractivity contribution in [3.8, 4) is 0 Å². The molecule has 3 aromatic rings. The van der Waals surface area contributed by atoms with E-state index in [1.807, 2.05) is 43.3 Å². The minimum atomic E-state index is -0.164. The zero-order chi connectivity index (χ0) is 14.7. The van der Waals surface area contributed by atoms with Gasteiger partial charge in [-0.05, 0) is 37.3 Å². The number of para-hydroxylation sites is 1. The standard InChI is InChI=1S/C16H14N2O2S/c1-11-6-7-12(20-11)8-9-15(19)17-10-16-18-13-4-2-3-5-14(13)21-16/h2-9H,10H2,1H3,(H,17,19)/b9-8+. The van der Waals surface area contributed by atoms with Crippen LogP contribution in [0.5, 0.6) is 0 Å². The van der Waals surface area contributed by atoms with E-state index in [0.29, 0.717) is 12.3 Å². The highest BCUT2D eigenvalue weighted by molar-refractivity contribution is 7.18. The van der Waals surface area contributed by atoms with E-state index in [9.17, 15) is 4.79 Å². The monoisotopic (exact) mass is 298 g/mol. The molecule has 1 N–H and O–H groups in total. The number of hydrogen-bond donors (Lipinski definition) is 1. The van der Waals surface area contributed by atoms with Gasteiger partial charge in [0.2, 0.25) is 5.91 Å². The Labute approximate surface area is 126 Å². The number of rotatable bonds is 4. The summed E-state index contributed by atoms with van der Waals surface area (Å²) in [5.41, 5.74) is 0.966. The van der Waals surface area contributed by atoms with Crippen molar-refractivity contribution < 1.29 is 9.21 Å². The van der Waals surface area contributed by atoms with Gasteiger partial charge in [0, 0.05) is 6.08 Å². The summed E-state index contributed by atoms with van der Waals surface area (Å²) in [7, 11) is 0. The molecule has 0 fully saturated rings. The molecule has 0 saturated carbocycles. The summed E-state index contributed by atoms with van der Waals surface area (Å²) in [6.45, 7) is 2.30. The second-order valence-electron chi connectivity index (χ2n) is 4.57. The first-order valence-electron chi connectivity index (χ1n) is 6.57. The van der Waals surface area contributed by atoms with Crippen molar-refractivity contribution in [1.29, 1.82) is 0 Å². The van der Waals surface area contributed by atoms with Crippen LogP contribution < -0.4 is 5.32 Å². The molecule has 0 unspecified atom stereocenters. The highest BCUT2D eigenvalue weighted by Gasteiger charge is 2.04. The van der Waals surface area contributed by atoms with Crippen molar-refractivity contribution in [2.75, 3.05) is 0 Å². The molecule has 0 radical (unpaired) electrons. The molecular formula is C16H14N2O2S. The number of benzene rings is 1. The molecule has 5 heteroatoms. The van der Waals surface area contributed by atoms with Crippen LogP contribution in [0.1, 0.15) is 16.5 Å². The van der Waals surface area contributed by atoms with Crippen molar-refractivity contribution in [2.45, 2.75) is 13.5 Å². The number of hydrogen-bond acceptors (Lipinski definition) is 4. The van der Waals surface area contributed by atoms with Gasteiger partial charge in [-0.15, -0.1) is 11.3 Å². The Morgan fingerprint density at radius 2 is 2.19 bits per heavy atom. The average Bonchev–Trinajstić information content (AvgIpc) is 3.08. The van der Waals surface area contributed by atoms with Gasteiger partial charge in [0.05, 0.1) is 16.8 Å². The van der Waals surface area contributed by atoms with Gasteiger partial charge in [0.1, 0.15) is 16.5 Å². The fraction of sp³-hybridized carbons (Fsp3) is 0.125. The number of fused-ring (bicyclic) bond motifs is 1. The van der Waals surface area contributed by atoms with Crippen molar-refractivity contribution in [2.24, 2.45) is 0 Å². The van der Waals surface area contributed by atoms with Crippen LogP contribution in [0.2, 0.25) is 0 Å². The SMILES string of the molecule is Cc1ccc(/C=C/C(=O)NCc2nc3ccccc3s2)o1. The Morgan fingerprint density at radius 1 is 1.33 bits per heavy atom. The van der Waals surface area contributed by atoms with Crippen molar-refractivity contribution in [3.63, 3.8) is 0 Å². The van der Waals surface area contributed by atoms with Gasteiger partial charge in [0.15, 0.2) is 0 Å². The highest BCUT2D eigenvalue weighted by Crippen LogP contribution is 2.21.